The molecule has 0 atom stereocenters. The quantitative estimate of drug-likeness (QED) is 0.718. The van der Waals surface area contributed by atoms with Crippen molar-refractivity contribution < 1.29 is 17.4 Å². The number of hydrogen-bond acceptors (Lipinski definition) is 3. The Morgan fingerprint density at radius 3 is 2.88 bits per heavy atom. The van der Waals surface area contributed by atoms with Crippen molar-refractivity contribution in [2.45, 2.75) is 13.0 Å². The van der Waals surface area contributed by atoms with Crippen LogP contribution in [0.15, 0.2) is 30.3 Å². The molecule has 1 aromatic carbocycles. The third kappa shape index (κ3) is 5.48. The molecule has 4 nitrogen and oxygen atoms in total. The van der Waals surface area contributed by atoms with E-state index in [9.17, 15) is 4.79 Å². The summed E-state index contributed by atoms with van der Waals surface area (Å²) in [4.78, 5) is 11.3. The predicted molar refractivity (Wildman–Crippen MR) is 60.8 cm³/mol. The van der Waals surface area contributed by atoms with Crippen LogP contribution in [0.25, 0.3) is 0 Å². The number of benzene rings is 1. The Labute approximate surface area is 98.1 Å². The molecular formula is C12H17NO3. The second-order valence-electron chi connectivity index (χ2n) is 3.24. The van der Waals surface area contributed by atoms with Gasteiger partial charge in [0.1, 0.15) is 6.61 Å². The lowest BCUT2D eigenvalue weighted by Gasteiger charge is -2.05. The summed E-state index contributed by atoms with van der Waals surface area (Å²) in [7, 11) is 0. The summed E-state index contributed by atoms with van der Waals surface area (Å²) in [5, 5.41) is 11.3. The fraction of sp³-hybridized carbons (Fsp3) is 0.417. The molecule has 0 aromatic heterocycles. The first-order valence-corrected chi connectivity index (χ1v) is 5.08. The van der Waals surface area contributed by atoms with Gasteiger partial charge in [0.15, 0.2) is 0 Å². The minimum Gasteiger partial charge on any atom is -0.396 e. The van der Waals surface area contributed by atoms with Crippen LogP contribution in [0.2, 0.25) is 0 Å². The van der Waals surface area contributed by atoms with E-state index in [-0.39, 0.29) is 25.5 Å². The molecule has 88 valence electrons. The van der Waals surface area contributed by atoms with Gasteiger partial charge >= 0.3 is 0 Å². The fourth-order valence-corrected chi connectivity index (χ4v) is 1.14. The Kier molecular flexibility index (Phi) is 4.81. The molecule has 0 aliphatic carbocycles. The zero-order valence-corrected chi connectivity index (χ0v) is 8.98. The Hall–Kier alpha value is -1.39. The second-order valence-corrected chi connectivity index (χ2v) is 3.24. The summed E-state index contributed by atoms with van der Waals surface area (Å²) in [5.74, 6) is -0.324. The SMILES string of the molecule is [2H]C([2H])(O)CCNC(=O)COCc1ccccc1. The molecular weight excluding hydrogens is 206 g/mol. The van der Waals surface area contributed by atoms with Gasteiger partial charge in [0.25, 0.3) is 0 Å². The molecule has 0 heterocycles. The first-order chi connectivity index (χ1) is 8.47. The molecule has 1 rings (SSSR count). The number of rotatable bonds is 7. The van der Waals surface area contributed by atoms with E-state index in [1.165, 1.54) is 0 Å². The van der Waals surface area contributed by atoms with Crippen LogP contribution in [0.4, 0.5) is 0 Å². The summed E-state index contributed by atoms with van der Waals surface area (Å²) in [5.41, 5.74) is 0.983. The van der Waals surface area contributed by atoms with Gasteiger partial charge in [-0.05, 0) is 12.0 Å². The van der Waals surface area contributed by atoms with Crippen LogP contribution in [0.5, 0.6) is 0 Å². The van der Waals surface area contributed by atoms with Crippen LogP contribution in [-0.2, 0) is 16.1 Å². The van der Waals surface area contributed by atoms with Crippen molar-refractivity contribution in [2.75, 3.05) is 19.7 Å². The van der Waals surface area contributed by atoms with Crippen molar-refractivity contribution in [3.05, 3.63) is 35.9 Å². The average molecular weight is 225 g/mol. The molecule has 0 aliphatic heterocycles. The molecule has 1 amide bonds. The number of ether oxygens (including phenoxy) is 1. The average Bonchev–Trinajstić information content (AvgIpc) is 2.28. The van der Waals surface area contributed by atoms with E-state index in [0.717, 1.165) is 5.56 Å². The van der Waals surface area contributed by atoms with E-state index in [1.807, 2.05) is 30.3 Å². The van der Waals surface area contributed by atoms with Crippen molar-refractivity contribution >= 4 is 5.91 Å². The smallest absolute Gasteiger partial charge is 0.246 e. The molecule has 0 radical (unpaired) electrons. The lowest BCUT2D eigenvalue weighted by atomic mass is 10.2. The highest BCUT2D eigenvalue weighted by molar-refractivity contribution is 5.77. The third-order valence-corrected chi connectivity index (χ3v) is 1.90. The van der Waals surface area contributed by atoms with Crippen LogP contribution in [0.3, 0.4) is 0 Å². The van der Waals surface area contributed by atoms with Gasteiger partial charge in [-0.25, -0.2) is 0 Å². The van der Waals surface area contributed by atoms with Gasteiger partial charge in [0, 0.05) is 13.1 Å². The molecule has 1 aromatic rings. The van der Waals surface area contributed by atoms with Crippen LogP contribution in [0, 0.1) is 0 Å². The standard InChI is InChI=1S/C12H17NO3/c14-8-4-7-13-12(15)10-16-9-11-5-2-1-3-6-11/h1-3,5-6,14H,4,7-10H2,(H,13,15)/i8D2. The van der Waals surface area contributed by atoms with Crippen molar-refractivity contribution in [1.29, 1.82) is 0 Å². The molecule has 0 bridgehead atoms. The summed E-state index contributed by atoms with van der Waals surface area (Å²) in [6, 6.07) is 9.49. The first kappa shape index (κ1) is 9.81. The highest BCUT2D eigenvalue weighted by Gasteiger charge is 2.00. The Bertz CT molecular complexity index is 365. The molecule has 0 unspecified atom stereocenters. The predicted octanol–water partition coefficient (Wildman–Crippen LogP) is 0.702. The molecule has 4 heteroatoms. The van der Waals surface area contributed by atoms with Gasteiger partial charge in [-0.15, -0.1) is 0 Å². The van der Waals surface area contributed by atoms with Crippen LogP contribution >= 0.6 is 0 Å². The van der Waals surface area contributed by atoms with E-state index in [2.05, 4.69) is 5.32 Å². The molecule has 0 fully saturated rings. The third-order valence-electron chi connectivity index (χ3n) is 1.90. The molecule has 0 saturated heterocycles. The fourth-order valence-electron chi connectivity index (χ4n) is 1.14. The number of aliphatic hydroxyl groups is 1. The van der Waals surface area contributed by atoms with Crippen molar-refractivity contribution in [3.8, 4) is 0 Å². The minimum atomic E-state index is -2.25. The lowest BCUT2D eigenvalue weighted by Crippen LogP contribution is -2.28. The number of hydrogen-bond donors (Lipinski definition) is 2. The molecule has 0 saturated carbocycles. The highest BCUT2D eigenvalue weighted by Crippen LogP contribution is 1.99. The molecule has 16 heavy (non-hydrogen) atoms. The lowest BCUT2D eigenvalue weighted by molar-refractivity contribution is -0.126. The maximum absolute atomic E-state index is 11.3. The van der Waals surface area contributed by atoms with E-state index in [0.29, 0.717) is 6.61 Å². The van der Waals surface area contributed by atoms with Crippen LogP contribution in [-0.4, -0.2) is 30.7 Å². The van der Waals surface area contributed by atoms with Crippen LogP contribution in [0.1, 0.15) is 14.7 Å². The van der Waals surface area contributed by atoms with Gasteiger partial charge in [0.05, 0.1) is 9.35 Å². The van der Waals surface area contributed by atoms with Crippen molar-refractivity contribution in [2.24, 2.45) is 0 Å². The summed E-state index contributed by atoms with van der Waals surface area (Å²) >= 11 is 0. The monoisotopic (exact) mass is 225 g/mol. The molecule has 2 N–H and O–H groups in total. The molecule has 0 aliphatic rings. The molecule has 0 spiro atoms. The van der Waals surface area contributed by atoms with E-state index in [4.69, 9.17) is 12.6 Å². The van der Waals surface area contributed by atoms with E-state index < -0.39 is 6.56 Å². The Balaban J connectivity index is 2.11. The Morgan fingerprint density at radius 1 is 1.44 bits per heavy atom. The maximum atomic E-state index is 11.3. The van der Waals surface area contributed by atoms with Gasteiger partial charge in [-0.3, -0.25) is 4.79 Å². The summed E-state index contributed by atoms with van der Waals surface area (Å²) < 4.78 is 18.9. The van der Waals surface area contributed by atoms with E-state index in [1.54, 1.807) is 0 Å². The highest BCUT2D eigenvalue weighted by atomic mass is 16.5. The number of carbonyl (C=O) groups is 1. The van der Waals surface area contributed by atoms with Gasteiger partial charge in [0.2, 0.25) is 5.91 Å². The summed E-state index contributed by atoms with van der Waals surface area (Å²) in [6.45, 7) is -1.90. The number of amides is 1. The normalized spacial score (nSPS) is 12.8. The van der Waals surface area contributed by atoms with Gasteiger partial charge in [-0.1, -0.05) is 30.3 Å². The minimum absolute atomic E-state index is 0.0800. The van der Waals surface area contributed by atoms with Crippen molar-refractivity contribution in [1.82, 2.24) is 5.32 Å². The van der Waals surface area contributed by atoms with Gasteiger partial charge in [-0.2, -0.15) is 0 Å². The van der Waals surface area contributed by atoms with Crippen LogP contribution < -0.4 is 5.32 Å². The Morgan fingerprint density at radius 2 is 2.19 bits per heavy atom. The first-order valence-electron chi connectivity index (χ1n) is 6.08. The zero-order chi connectivity index (χ0) is 13.4. The summed E-state index contributed by atoms with van der Waals surface area (Å²) in [6.07, 6.45) is -0.141. The number of nitrogens with one attached hydrogen (secondary N) is 1. The van der Waals surface area contributed by atoms with E-state index >= 15 is 0 Å². The van der Waals surface area contributed by atoms with Crippen molar-refractivity contribution in [3.63, 3.8) is 0 Å². The second kappa shape index (κ2) is 7.84. The maximum Gasteiger partial charge on any atom is 0.246 e. The number of carbonyl (C=O) groups excluding carboxylic acids is 1. The largest absolute Gasteiger partial charge is 0.396 e. The zero-order valence-electron chi connectivity index (χ0n) is 11.0. The topological polar surface area (TPSA) is 58.6 Å². The van der Waals surface area contributed by atoms with Gasteiger partial charge < -0.3 is 15.2 Å².